The van der Waals surface area contributed by atoms with Gasteiger partial charge in [-0.05, 0) is 40.0 Å². The second kappa shape index (κ2) is 5.58. The minimum absolute atomic E-state index is 0.308. The molecule has 0 aliphatic rings. The predicted molar refractivity (Wildman–Crippen MR) is 60.2 cm³/mol. The van der Waals surface area contributed by atoms with Crippen LogP contribution in [0.5, 0.6) is 0 Å². The Morgan fingerprint density at radius 1 is 1.53 bits per heavy atom. The van der Waals surface area contributed by atoms with Crippen molar-refractivity contribution in [3.05, 3.63) is 33.5 Å². The minimum Gasteiger partial charge on any atom is -0.393 e. The Labute approximate surface area is 97.2 Å². The third-order valence-electron chi connectivity index (χ3n) is 1.99. The van der Waals surface area contributed by atoms with Crippen molar-refractivity contribution in [3.8, 4) is 0 Å². The van der Waals surface area contributed by atoms with E-state index in [0.717, 1.165) is 5.56 Å². The lowest BCUT2D eigenvalue weighted by molar-refractivity contribution is 0.183. The van der Waals surface area contributed by atoms with Gasteiger partial charge in [-0.25, -0.2) is 4.39 Å². The molecule has 0 aliphatic heterocycles. The van der Waals surface area contributed by atoms with Crippen LogP contribution in [0.2, 0.25) is 0 Å². The van der Waals surface area contributed by atoms with Crippen molar-refractivity contribution in [2.24, 2.45) is 0 Å². The maximum atomic E-state index is 13.6. The molecule has 0 aromatic heterocycles. The fraction of sp³-hybridized carbons (Fsp3) is 0.455. The number of hydrogen-bond acceptors (Lipinski definition) is 2. The fourth-order valence-corrected chi connectivity index (χ4v) is 1.97. The maximum Gasteiger partial charge on any atom is 0.140 e. The van der Waals surface area contributed by atoms with Gasteiger partial charge in [-0.15, -0.1) is 0 Å². The van der Waals surface area contributed by atoms with E-state index in [2.05, 4.69) is 15.9 Å². The Balaban J connectivity index is 3.01. The highest BCUT2D eigenvalue weighted by Crippen LogP contribution is 2.23. The summed E-state index contributed by atoms with van der Waals surface area (Å²) in [5.74, 6) is -0.309. The van der Waals surface area contributed by atoms with E-state index in [4.69, 9.17) is 4.74 Å². The van der Waals surface area contributed by atoms with Gasteiger partial charge in [0.1, 0.15) is 5.82 Å². The zero-order chi connectivity index (χ0) is 11.4. The quantitative estimate of drug-likeness (QED) is 0.916. The van der Waals surface area contributed by atoms with Crippen LogP contribution in [0.1, 0.15) is 18.1 Å². The molecule has 2 nitrogen and oxygen atoms in total. The van der Waals surface area contributed by atoms with Gasteiger partial charge in [-0.2, -0.15) is 0 Å². The van der Waals surface area contributed by atoms with Crippen molar-refractivity contribution in [2.75, 3.05) is 7.11 Å². The molecule has 0 aliphatic carbocycles. The van der Waals surface area contributed by atoms with Gasteiger partial charge in [0, 0.05) is 13.5 Å². The molecule has 0 radical (unpaired) electrons. The molecule has 1 unspecified atom stereocenters. The summed E-state index contributed by atoms with van der Waals surface area (Å²) in [6.07, 6.45) is -0.244. The summed E-state index contributed by atoms with van der Waals surface area (Å²) in [5.41, 5.74) is 1.40. The Hall–Kier alpha value is -0.450. The number of rotatable bonds is 4. The number of aliphatic hydroxyl groups excluding tert-OH is 1. The highest BCUT2D eigenvalue weighted by atomic mass is 79.9. The molecule has 1 N–H and O–H groups in total. The first-order valence-electron chi connectivity index (χ1n) is 4.68. The molecule has 0 heterocycles. The normalized spacial score (nSPS) is 12.9. The molecule has 0 amide bonds. The van der Waals surface area contributed by atoms with Crippen LogP contribution in [0.4, 0.5) is 4.39 Å². The SMILES string of the molecule is COCc1cc(Br)c(F)c(CC(C)O)c1. The summed E-state index contributed by atoms with van der Waals surface area (Å²) in [4.78, 5) is 0. The first-order valence-corrected chi connectivity index (χ1v) is 5.47. The first kappa shape index (κ1) is 12.6. The summed E-state index contributed by atoms with van der Waals surface area (Å²) < 4.78 is 19.0. The van der Waals surface area contributed by atoms with Gasteiger partial charge < -0.3 is 9.84 Å². The summed E-state index contributed by atoms with van der Waals surface area (Å²) in [6, 6.07) is 3.40. The topological polar surface area (TPSA) is 29.5 Å². The molecule has 0 saturated carbocycles. The Bertz CT molecular complexity index is 340. The van der Waals surface area contributed by atoms with Gasteiger partial charge in [-0.1, -0.05) is 6.07 Å². The van der Waals surface area contributed by atoms with E-state index >= 15 is 0 Å². The monoisotopic (exact) mass is 276 g/mol. The van der Waals surface area contributed by atoms with Gasteiger partial charge in [0.05, 0.1) is 17.2 Å². The van der Waals surface area contributed by atoms with Gasteiger partial charge >= 0.3 is 0 Å². The second-order valence-electron chi connectivity index (χ2n) is 3.54. The van der Waals surface area contributed by atoms with Crippen LogP contribution in [0.15, 0.2) is 16.6 Å². The van der Waals surface area contributed by atoms with Gasteiger partial charge in [-0.3, -0.25) is 0 Å². The zero-order valence-corrected chi connectivity index (χ0v) is 10.3. The van der Waals surface area contributed by atoms with Crippen molar-refractivity contribution in [1.29, 1.82) is 0 Å². The number of ether oxygens (including phenoxy) is 1. The summed E-state index contributed by atoms with van der Waals surface area (Å²) >= 11 is 3.14. The lowest BCUT2D eigenvalue weighted by Crippen LogP contribution is -2.07. The number of benzene rings is 1. The molecule has 1 atom stereocenters. The minimum atomic E-state index is -0.552. The number of aliphatic hydroxyl groups is 1. The smallest absolute Gasteiger partial charge is 0.140 e. The van der Waals surface area contributed by atoms with E-state index in [9.17, 15) is 9.50 Å². The third-order valence-corrected chi connectivity index (χ3v) is 2.57. The first-order chi connectivity index (χ1) is 7.04. The van der Waals surface area contributed by atoms with Crippen molar-refractivity contribution in [1.82, 2.24) is 0 Å². The molecule has 1 aromatic carbocycles. The Morgan fingerprint density at radius 3 is 2.73 bits per heavy atom. The number of halogens is 2. The van der Waals surface area contributed by atoms with E-state index < -0.39 is 6.10 Å². The van der Waals surface area contributed by atoms with Crippen LogP contribution >= 0.6 is 15.9 Å². The fourth-order valence-electron chi connectivity index (χ4n) is 1.43. The summed E-state index contributed by atoms with van der Waals surface area (Å²) in [5, 5.41) is 9.23. The molecular weight excluding hydrogens is 263 g/mol. The Morgan fingerprint density at radius 2 is 2.20 bits per heavy atom. The predicted octanol–water partition coefficient (Wildman–Crippen LogP) is 2.66. The van der Waals surface area contributed by atoms with E-state index in [-0.39, 0.29) is 5.82 Å². The molecule has 84 valence electrons. The lowest BCUT2D eigenvalue weighted by Gasteiger charge is -2.10. The van der Waals surface area contributed by atoms with E-state index in [1.165, 1.54) is 0 Å². The van der Waals surface area contributed by atoms with Crippen LogP contribution in [0, 0.1) is 5.82 Å². The summed E-state index contributed by atoms with van der Waals surface area (Å²) in [6.45, 7) is 2.07. The molecule has 1 aromatic rings. The van der Waals surface area contributed by atoms with Crippen LogP contribution in [0.3, 0.4) is 0 Å². The molecule has 4 heteroatoms. The standard InChI is InChI=1S/C11H14BrFO2/c1-7(14)3-9-4-8(6-15-2)5-10(12)11(9)13/h4-5,7,14H,3,6H2,1-2H3. The van der Waals surface area contributed by atoms with Gasteiger partial charge in [0.25, 0.3) is 0 Å². The van der Waals surface area contributed by atoms with Crippen LogP contribution in [0.25, 0.3) is 0 Å². The molecule has 0 saturated heterocycles. The lowest BCUT2D eigenvalue weighted by atomic mass is 10.1. The van der Waals surface area contributed by atoms with Crippen LogP contribution in [-0.2, 0) is 17.8 Å². The van der Waals surface area contributed by atoms with E-state index in [0.29, 0.717) is 23.1 Å². The third kappa shape index (κ3) is 3.55. The average Bonchev–Trinajstić information content (AvgIpc) is 2.13. The van der Waals surface area contributed by atoms with Crippen LogP contribution < -0.4 is 0 Å². The number of methoxy groups -OCH3 is 1. The second-order valence-corrected chi connectivity index (χ2v) is 4.39. The van der Waals surface area contributed by atoms with Crippen molar-refractivity contribution < 1.29 is 14.2 Å². The highest BCUT2D eigenvalue weighted by Gasteiger charge is 2.10. The molecule has 0 spiro atoms. The van der Waals surface area contributed by atoms with Crippen molar-refractivity contribution in [3.63, 3.8) is 0 Å². The largest absolute Gasteiger partial charge is 0.393 e. The van der Waals surface area contributed by atoms with Gasteiger partial charge in [0.2, 0.25) is 0 Å². The van der Waals surface area contributed by atoms with Gasteiger partial charge in [0.15, 0.2) is 0 Å². The maximum absolute atomic E-state index is 13.6. The zero-order valence-electron chi connectivity index (χ0n) is 8.76. The van der Waals surface area contributed by atoms with Crippen molar-refractivity contribution in [2.45, 2.75) is 26.1 Å². The molecule has 0 bridgehead atoms. The summed E-state index contributed by atoms with van der Waals surface area (Å²) in [7, 11) is 1.59. The van der Waals surface area contributed by atoms with Crippen LogP contribution in [-0.4, -0.2) is 18.3 Å². The highest BCUT2D eigenvalue weighted by molar-refractivity contribution is 9.10. The van der Waals surface area contributed by atoms with Crippen molar-refractivity contribution >= 4 is 15.9 Å². The molecule has 0 fully saturated rings. The molecular formula is C11H14BrFO2. The van der Waals surface area contributed by atoms with E-state index in [1.54, 1.807) is 26.2 Å². The number of hydrogen-bond donors (Lipinski definition) is 1. The Kier molecular flexibility index (Phi) is 4.70. The average molecular weight is 277 g/mol. The molecule has 1 rings (SSSR count). The van der Waals surface area contributed by atoms with E-state index in [1.807, 2.05) is 0 Å². The molecule has 15 heavy (non-hydrogen) atoms.